The average molecular weight is 654 g/mol. The molecule has 0 aliphatic rings. The number of methoxy groups -OCH3 is 3. The third kappa shape index (κ3) is 5.44. The van der Waals surface area contributed by atoms with Crippen LogP contribution in [0.15, 0.2) is 87.5 Å². The molecule has 3 aromatic rings. The predicted molar refractivity (Wildman–Crippen MR) is 134 cm³/mol. The van der Waals surface area contributed by atoms with Gasteiger partial charge in [-0.25, -0.2) is 0 Å². The van der Waals surface area contributed by atoms with Crippen molar-refractivity contribution in [2.45, 2.75) is 38.0 Å². The van der Waals surface area contributed by atoms with Gasteiger partial charge in [0.15, 0.2) is 0 Å². The molecule has 0 spiro atoms. The summed E-state index contributed by atoms with van der Waals surface area (Å²) in [5.41, 5.74) is 0. The quantitative estimate of drug-likeness (QED) is 0.120. The molecule has 0 aliphatic carbocycles. The van der Waals surface area contributed by atoms with Crippen molar-refractivity contribution < 1.29 is 65.8 Å². The molecule has 0 aliphatic heterocycles. The monoisotopic (exact) mass is 653 g/mol. The number of hydrogen-bond acceptors (Lipinski definition) is 5. The summed E-state index contributed by atoms with van der Waals surface area (Å²) in [4.78, 5) is -0.656. The molecular weight excluding hydrogens is 631 g/mol. The molecule has 1 N–H and O–H groups in total. The van der Waals surface area contributed by atoms with Crippen molar-refractivity contribution in [1.82, 2.24) is 0 Å². The normalized spacial score (nSPS) is 13.9. The first kappa shape index (κ1) is 33.2. The SMILES string of the molecule is COc1ccc(S([OH+]S(=O)(=O)C(F)(F)C(F)(F)C(F)(F)C(F)(F)F)(c2ccc(OC)cc2)c2ccc(OC)cc2)cc1. The van der Waals surface area contributed by atoms with Crippen molar-refractivity contribution >= 4 is 20.4 Å². The highest BCUT2D eigenvalue weighted by Crippen LogP contribution is 2.70. The van der Waals surface area contributed by atoms with E-state index in [1.165, 1.54) is 57.7 Å². The number of rotatable bonds is 11. The summed E-state index contributed by atoms with van der Waals surface area (Å²) in [7, 11) is -7.47. The molecule has 6 nitrogen and oxygen atoms in total. The molecule has 0 atom stereocenters. The zero-order chi connectivity index (χ0) is 31.8. The molecule has 0 radical (unpaired) electrons. The Labute approximate surface area is 235 Å². The van der Waals surface area contributed by atoms with Gasteiger partial charge in [0.2, 0.25) is 0 Å². The molecule has 0 heterocycles. The highest BCUT2D eigenvalue weighted by molar-refractivity contribution is 8.32. The van der Waals surface area contributed by atoms with Crippen molar-refractivity contribution in [3.63, 3.8) is 0 Å². The van der Waals surface area contributed by atoms with Gasteiger partial charge in [-0.05, 0) is 72.8 Å². The highest BCUT2D eigenvalue weighted by Gasteiger charge is 2.88. The summed E-state index contributed by atoms with van der Waals surface area (Å²) in [6.45, 7) is 0. The molecule has 3 aromatic carbocycles. The second-order valence-corrected chi connectivity index (χ2v) is 13.0. The lowest BCUT2D eigenvalue weighted by molar-refractivity contribution is -0.382. The standard InChI is InChI=1S/C25H21F9O6S2/c1-37-16-4-10-19(11-5-16)41(20-12-6-17(38-2)7-13-20,21-14-8-18(39-3)9-15-21)40-42(35,36)25(33,34)23(28,29)22(26,27)24(30,31)32/h4-15H,1-3H3/p+1. The minimum Gasteiger partial charge on any atom is -0.497 e. The maximum Gasteiger partial charge on any atom is 0.486 e. The van der Waals surface area contributed by atoms with Crippen LogP contribution >= 0.6 is 10.3 Å². The van der Waals surface area contributed by atoms with Crippen LogP contribution in [0.2, 0.25) is 0 Å². The van der Waals surface area contributed by atoms with E-state index in [0.717, 1.165) is 36.4 Å². The van der Waals surface area contributed by atoms with E-state index in [0.29, 0.717) is 0 Å². The van der Waals surface area contributed by atoms with Crippen LogP contribution in [0.5, 0.6) is 17.2 Å². The minimum absolute atomic E-state index is 0.182. The Bertz CT molecular complexity index is 1360. The molecule has 0 aromatic heterocycles. The van der Waals surface area contributed by atoms with Gasteiger partial charge in [-0.15, -0.1) is 8.42 Å². The summed E-state index contributed by atoms with van der Waals surface area (Å²) in [5.74, 6) is -14.4. The second-order valence-electron chi connectivity index (χ2n) is 8.32. The van der Waals surface area contributed by atoms with E-state index in [2.05, 4.69) is 3.63 Å². The fraction of sp³-hybridized carbons (Fsp3) is 0.280. The molecule has 0 unspecified atom stereocenters. The number of ether oxygens (including phenoxy) is 3. The Kier molecular flexibility index (Phi) is 9.02. The summed E-state index contributed by atoms with van der Waals surface area (Å²) in [6, 6.07) is 14.4. The number of alkyl halides is 9. The molecule has 0 fully saturated rings. The van der Waals surface area contributed by atoms with E-state index >= 15 is 0 Å². The molecule has 17 heteroatoms. The molecule has 42 heavy (non-hydrogen) atoms. The number of hydrogen-bond donors (Lipinski definition) is 0. The highest BCUT2D eigenvalue weighted by atomic mass is 32.3. The van der Waals surface area contributed by atoms with Crippen LogP contribution in [0.3, 0.4) is 0 Å². The maximum atomic E-state index is 15.0. The van der Waals surface area contributed by atoms with Gasteiger partial charge in [0.25, 0.3) is 0 Å². The average Bonchev–Trinajstić information content (AvgIpc) is 2.95. The van der Waals surface area contributed by atoms with Crippen molar-refractivity contribution in [3.8, 4) is 17.2 Å². The van der Waals surface area contributed by atoms with Crippen LogP contribution < -0.4 is 14.2 Å². The van der Waals surface area contributed by atoms with E-state index in [1.54, 1.807) is 0 Å². The third-order valence-corrected chi connectivity index (χ3v) is 11.3. The van der Waals surface area contributed by atoms with Gasteiger partial charge >= 0.3 is 33.4 Å². The van der Waals surface area contributed by atoms with Crippen LogP contribution in [-0.2, 0) is 10.1 Å². The lowest BCUT2D eigenvalue weighted by atomic mass is 10.1. The molecular formula is C25H22F9O6S2+. The van der Waals surface area contributed by atoms with E-state index < -0.39 is 43.7 Å². The summed E-state index contributed by atoms with van der Waals surface area (Å²) >= 11 is 0. The predicted octanol–water partition coefficient (Wildman–Crippen LogP) is 7.76. The topological polar surface area (TPSA) is 74.6 Å². The van der Waals surface area contributed by atoms with Crippen molar-refractivity contribution in [1.29, 1.82) is 0 Å². The molecule has 232 valence electrons. The fourth-order valence-corrected chi connectivity index (χ4v) is 9.02. The van der Waals surface area contributed by atoms with Crippen LogP contribution in [0.25, 0.3) is 0 Å². The maximum absolute atomic E-state index is 15.0. The number of benzene rings is 3. The van der Waals surface area contributed by atoms with Crippen LogP contribution in [0, 0.1) is 0 Å². The first-order valence-electron chi connectivity index (χ1n) is 11.3. The van der Waals surface area contributed by atoms with Crippen molar-refractivity contribution in [3.05, 3.63) is 72.8 Å². The van der Waals surface area contributed by atoms with Gasteiger partial charge in [0.1, 0.15) is 17.2 Å². The van der Waals surface area contributed by atoms with Crippen molar-refractivity contribution in [2.75, 3.05) is 21.3 Å². The zero-order valence-corrected chi connectivity index (χ0v) is 23.3. The summed E-state index contributed by atoms with van der Waals surface area (Å²) < 4.78 is 169. The van der Waals surface area contributed by atoms with Gasteiger partial charge < -0.3 is 14.2 Å². The van der Waals surface area contributed by atoms with Gasteiger partial charge in [-0.1, -0.05) is 0 Å². The van der Waals surface area contributed by atoms with Gasteiger partial charge in [0, 0.05) is 0 Å². The van der Waals surface area contributed by atoms with Gasteiger partial charge in [0.05, 0.1) is 46.3 Å². The molecule has 0 amide bonds. The van der Waals surface area contributed by atoms with Gasteiger partial charge in [-0.2, -0.15) is 39.5 Å². The van der Waals surface area contributed by atoms with Crippen LogP contribution in [-0.4, -0.2) is 56.7 Å². The van der Waals surface area contributed by atoms with E-state index in [4.69, 9.17) is 14.2 Å². The van der Waals surface area contributed by atoms with E-state index in [-0.39, 0.29) is 31.9 Å². The Morgan fingerprint density at radius 2 is 0.810 bits per heavy atom. The lowest BCUT2D eigenvalue weighted by Gasteiger charge is -2.37. The molecule has 0 bridgehead atoms. The van der Waals surface area contributed by atoms with Crippen molar-refractivity contribution in [2.24, 2.45) is 0 Å². The molecule has 0 saturated carbocycles. The minimum atomic E-state index is -7.47. The third-order valence-electron chi connectivity index (χ3n) is 5.85. The molecule has 0 saturated heterocycles. The zero-order valence-electron chi connectivity index (χ0n) is 21.6. The first-order chi connectivity index (χ1) is 19.3. The van der Waals surface area contributed by atoms with Gasteiger partial charge in [-0.3, -0.25) is 3.63 Å². The largest absolute Gasteiger partial charge is 0.497 e. The number of halogens is 9. The Morgan fingerprint density at radius 3 is 1.05 bits per heavy atom. The molecule has 3 rings (SSSR count). The smallest absolute Gasteiger partial charge is 0.486 e. The Balaban J connectivity index is 2.40. The summed E-state index contributed by atoms with van der Waals surface area (Å²) in [5, 5.41) is -7.04. The fourth-order valence-electron chi connectivity index (χ4n) is 3.57. The van der Waals surface area contributed by atoms with E-state index in [9.17, 15) is 47.9 Å². The van der Waals surface area contributed by atoms with E-state index in [1.807, 2.05) is 0 Å². The summed E-state index contributed by atoms with van der Waals surface area (Å²) in [6.07, 6.45) is -7.23. The second kappa shape index (κ2) is 11.4. The Morgan fingerprint density at radius 1 is 0.524 bits per heavy atom. The first-order valence-corrected chi connectivity index (χ1v) is 14.3. The Hall–Kier alpha value is -3.31. The lowest BCUT2D eigenvalue weighted by Crippen LogP contribution is -2.63. The van der Waals surface area contributed by atoms with Crippen LogP contribution in [0.4, 0.5) is 39.5 Å². The van der Waals surface area contributed by atoms with Crippen LogP contribution in [0.1, 0.15) is 0 Å².